The van der Waals surface area contributed by atoms with Crippen LogP contribution in [0.3, 0.4) is 0 Å². The lowest BCUT2D eigenvalue weighted by molar-refractivity contribution is -0.145. The van der Waals surface area contributed by atoms with E-state index in [1.54, 1.807) is 0 Å². The molecule has 0 saturated heterocycles. The van der Waals surface area contributed by atoms with E-state index in [0.29, 0.717) is 18.9 Å². The molecule has 4 nitrogen and oxygen atoms in total. The van der Waals surface area contributed by atoms with Gasteiger partial charge >= 0.3 is 5.97 Å². The molecule has 1 atom stereocenters. The highest BCUT2D eigenvalue weighted by atomic mass is 32.2. The van der Waals surface area contributed by atoms with E-state index in [-0.39, 0.29) is 16.6 Å². The summed E-state index contributed by atoms with van der Waals surface area (Å²) in [5.41, 5.74) is 2.25. The van der Waals surface area contributed by atoms with Crippen LogP contribution in [0.15, 0.2) is 28.8 Å². The maximum Gasteiger partial charge on any atom is 0.313 e. The Balaban J connectivity index is 2.51. The number of nitrogens with zero attached hydrogens (tertiary/aromatic N) is 1. The molecule has 0 fully saturated rings. The van der Waals surface area contributed by atoms with Crippen LogP contribution in [-0.4, -0.2) is 17.3 Å². The molecule has 0 aliphatic carbocycles. The minimum atomic E-state index is -0.316. The van der Waals surface area contributed by atoms with E-state index in [1.807, 2.05) is 32.9 Å². The summed E-state index contributed by atoms with van der Waals surface area (Å²) in [5, 5.41) is 0. The SMILES string of the molecule is CC(C)Cc1ccc(C(C)C(=O)OCCC(C)(C)SN=O)cc1. The Morgan fingerprint density at radius 3 is 2.35 bits per heavy atom. The predicted octanol–water partition coefficient (Wildman–Crippen LogP) is 5.12. The molecular weight excluding hydrogens is 310 g/mol. The maximum atomic E-state index is 12.1. The summed E-state index contributed by atoms with van der Waals surface area (Å²) in [5.74, 6) is 0.0925. The molecule has 0 N–H and O–H groups in total. The van der Waals surface area contributed by atoms with E-state index in [9.17, 15) is 9.70 Å². The second-order valence-corrected chi connectivity index (χ2v) is 8.34. The zero-order chi connectivity index (χ0) is 17.5. The van der Waals surface area contributed by atoms with Gasteiger partial charge in [0.15, 0.2) is 0 Å². The summed E-state index contributed by atoms with van der Waals surface area (Å²) >= 11 is 0.974. The zero-order valence-corrected chi connectivity index (χ0v) is 15.5. The fourth-order valence-electron chi connectivity index (χ4n) is 2.22. The largest absolute Gasteiger partial charge is 0.465 e. The highest BCUT2D eigenvalue weighted by Crippen LogP contribution is 2.28. The van der Waals surface area contributed by atoms with Crippen molar-refractivity contribution in [3.05, 3.63) is 40.3 Å². The number of hydrogen-bond acceptors (Lipinski definition) is 5. The van der Waals surface area contributed by atoms with Crippen LogP contribution in [0.25, 0.3) is 0 Å². The van der Waals surface area contributed by atoms with Crippen molar-refractivity contribution in [2.75, 3.05) is 6.61 Å². The van der Waals surface area contributed by atoms with Crippen LogP contribution in [0.4, 0.5) is 0 Å². The van der Waals surface area contributed by atoms with Crippen molar-refractivity contribution in [2.24, 2.45) is 10.5 Å². The maximum absolute atomic E-state index is 12.1. The molecule has 0 aliphatic rings. The Morgan fingerprint density at radius 2 is 1.83 bits per heavy atom. The van der Waals surface area contributed by atoms with Gasteiger partial charge in [-0.2, -0.15) is 0 Å². The average molecular weight is 337 g/mol. The Hall–Kier alpha value is -1.36. The van der Waals surface area contributed by atoms with Crippen LogP contribution in [0.2, 0.25) is 0 Å². The summed E-state index contributed by atoms with van der Waals surface area (Å²) in [4.78, 5) is 22.4. The molecule has 1 rings (SSSR count). The Labute approximate surface area is 143 Å². The fraction of sp³-hybridized carbons (Fsp3) is 0.611. The van der Waals surface area contributed by atoms with Gasteiger partial charge in [0.25, 0.3) is 0 Å². The average Bonchev–Trinajstić information content (AvgIpc) is 2.46. The summed E-state index contributed by atoms with van der Waals surface area (Å²) < 4.78 is 7.87. The lowest BCUT2D eigenvalue weighted by Crippen LogP contribution is -2.20. The van der Waals surface area contributed by atoms with Gasteiger partial charge in [-0.05, 0) is 50.7 Å². The molecule has 0 bridgehead atoms. The zero-order valence-electron chi connectivity index (χ0n) is 14.7. The predicted molar refractivity (Wildman–Crippen MR) is 96.4 cm³/mol. The number of carbonyl (C=O) groups is 1. The topological polar surface area (TPSA) is 55.7 Å². The molecule has 0 aliphatic heterocycles. The van der Waals surface area contributed by atoms with Crippen molar-refractivity contribution >= 4 is 17.9 Å². The summed E-state index contributed by atoms with van der Waals surface area (Å²) in [6.07, 6.45) is 1.63. The first-order valence-electron chi connectivity index (χ1n) is 8.01. The molecule has 128 valence electrons. The normalized spacial score (nSPS) is 13.0. The molecule has 1 aromatic carbocycles. The van der Waals surface area contributed by atoms with Gasteiger partial charge in [0.1, 0.15) is 0 Å². The molecule has 0 spiro atoms. The van der Waals surface area contributed by atoms with Crippen LogP contribution >= 0.6 is 11.9 Å². The van der Waals surface area contributed by atoms with E-state index in [0.717, 1.165) is 23.9 Å². The van der Waals surface area contributed by atoms with E-state index in [4.69, 9.17) is 4.74 Å². The van der Waals surface area contributed by atoms with Gasteiger partial charge in [-0.25, -0.2) is 0 Å². The van der Waals surface area contributed by atoms with Crippen molar-refractivity contribution < 1.29 is 9.53 Å². The van der Waals surface area contributed by atoms with E-state index in [1.165, 1.54) is 5.56 Å². The molecular formula is C18H27NO3S. The first-order chi connectivity index (χ1) is 10.7. The van der Waals surface area contributed by atoms with Gasteiger partial charge in [0, 0.05) is 21.3 Å². The van der Waals surface area contributed by atoms with E-state index >= 15 is 0 Å². The molecule has 1 aromatic rings. The van der Waals surface area contributed by atoms with Gasteiger partial charge in [-0.3, -0.25) is 4.79 Å². The number of nitroso groups, excluding NO2 is 1. The van der Waals surface area contributed by atoms with Gasteiger partial charge in [0.2, 0.25) is 0 Å². The smallest absolute Gasteiger partial charge is 0.313 e. The van der Waals surface area contributed by atoms with E-state index in [2.05, 4.69) is 30.6 Å². The quantitative estimate of drug-likeness (QED) is 0.357. The van der Waals surface area contributed by atoms with Crippen molar-refractivity contribution in [3.8, 4) is 0 Å². The molecule has 0 aromatic heterocycles. The second kappa shape index (κ2) is 9.06. The Kier molecular flexibility index (Phi) is 7.76. The van der Waals surface area contributed by atoms with Crippen molar-refractivity contribution in [1.29, 1.82) is 0 Å². The number of rotatable bonds is 9. The molecule has 1 unspecified atom stereocenters. The summed E-state index contributed by atoms with van der Waals surface area (Å²) in [7, 11) is 0. The van der Waals surface area contributed by atoms with Gasteiger partial charge in [-0.15, -0.1) is 4.91 Å². The number of esters is 1. The Bertz CT molecular complexity index is 512. The van der Waals surface area contributed by atoms with Crippen LogP contribution in [0.1, 0.15) is 58.1 Å². The summed E-state index contributed by atoms with van der Waals surface area (Å²) in [6, 6.07) is 8.16. The standard InChI is InChI=1S/C18H27NO3S/c1-13(2)12-15-6-8-16(9-7-15)14(3)17(20)22-11-10-18(4,5)23-19-21/h6-9,13-14H,10-12H2,1-5H3. The van der Waals surface area contributed by atoms with Gasteiger partial charge < -0.3 is 4.74 Å². The van der Waals surface area contributed by atoms with Crippen LogP contribution in [-0.2, 0) is 16.0 Å². The third kappa shape index (κ3) is 7.16. The third-order valence-corrected chi connectivity index (χ3v) is 4.48. The molecule has 0 saturated carbocycles. The number of benzene rings is 1. The molecule has 0 heterocycles. The fourth-order valence-corrected chi connectivity index (χ4v) is 2.60. The number of ether oxygens (including phenoxy) is 1. The first kappa shape index (κ1) is 19.7. The molecule has 5 heteroatoms. The number of hydrogen-bond donors (Lipinski definition) is 0. The lowest BCUT2D eigenvalue weighted by atomic mass is 9.97. The molecule has 0 radical (unpaired) electrons. The first-order valence-corrected chi connectivity index (χ1v) is 8.79. The van der Waals surface area contributed by atoms with Gasteiger partial charge in [-0.1, -0.05) is 38.1 Å². The van der Waals surface area contributed by atoms with Crippen LogP contribution in [0.5, 0.6) is 0 Å². The van der Waals surface area contributed by atoms with Gasteiger partial charge in [0.05, 0.1) is 12.5 Å². The Morgan fingerprint density at radius 1 is 1.22 bits per heavy atom. The lowest BCUT2D eigenvalue weighted by Gasteiger charge is -2.19. The molecule has 23 heavy (non-hydrogen) atoms. The third-order valence-electron chi connectivity index (χ3n) is 3.71. The van der Waals surface area contributed by atoms with Crippen molar-refractivity contribution in [1.82, 2.24) is 0 Å². The highest BCUT2D eigenvalue weighted by Gasteiger charge is 2.22. The minimum Gasteiger partial charge on any atom is -0.465 e. The van der Waals surface area contributed by atoms with Crippen LogP contribution in [0, 0.1) is 10.8 Å². The molecule has 0 amide bonds. The minimum absolute atomic E-state index is 0.235. The van der Waals surface area contributed by atoms with Crippen LogP contribution < -0.4 is 0 Å². The second-order valence-electron chi connectivity index (χ2n) is 6.90. The van der Waals surface area contributed by atoms with Crippen molar-refractivity contribution in [2.45, 2.75) is 58.1 Å². The number of carbonyl (C=O) groups excluding carboxylic acids is 1. The highest BCUT2D eigenvalue weighted by molar-refractivity contribution is 7.99. The van der Waals surface area contributed by atoms with E-state index < -0.39 is 0 Å². The van der Waals surface area contributed by atoms with Crippen molar-refractivity contribution in [3.63, 3.8) is 0 Å². The summed E-state index contributed by atoms with van der Waals surface area (Å²) in [6.45, 7) is 10.3. The monoisotopic (exact) mass is 337 g/mol.